The first-order valence-corrected chi connectivity index (χ1v) is 11.8. The number of aromatic nitrogens is 1. The van der Waals surface area contributed by atoms with Gasteiger partial charge in [0.2, 0.25) is 0 Å². The van der Waals surface area contributed by atoms with Crippen LogP contribution in [-0.4, -0.2) is 54.7 Å². The maximum absolute atomic E-state index is 12.7. The SMILES string of the molecule is COC(=O)c1sc2nc(CN3CCOc4ccccc4C3)ccc2c1NC(=O)C1CCCO1. The van der Waals surface area contributed by atoms with Crippen molar-refractivity contribution in [3.63, 3.8) is 0 Å². The second-order valence-electron chi connectivity index (χ2n) is 8.11. The Hall–Kier alpha value is -3.01. The van der Waals surface area contributed by atoms with Crippen LogP contribution in [0.25, 0.3) is 10.2 Å². The molecule has 1 fully saturated rings. The van der Waals surface area contributed by atoms with E-state index in [2.05, 4.69) is 16.3 Å². The summed E-state index contributed by atoms with van der Waals surface area (Å²) in [5.41, 5.74) is 2.48. The van der Waals surface area contributed by atoms with Crippen LogP contribution < -0.4 is 10.1 Å². The number of nitrogens with zero attached hydrogens (tertiary/aromatic N) is 2. The molecular formula is C24H25N3O5S. The fourth-order valence-electron chi connectivity index (χ4n) is 4.20. The van der Waals surface area contributed by atoms with Gasteiger partial charge in [0.1, 0.15) is 28.2 Å². The highest BCUT2D eigenvalue weighted by Gasteiger charge is 2.28. The van der Waals surface area contributed by atoms with E-state index in [1.165, 1.54) is 18.4 Å². The summed E-state index contributed by atoms with van der Waals surface area (Å²) in [5, 5.41) is 3.61. The highest BCUT2D eigenvalue weighted by atomic mass is 32.1. The summed E-state index contributed by atoms with van der Waals surface area (Å²) in [7, 11) is 1.33. The molecule has 1 aromatic carbocycles. The lowest BCUT2D eigenvalue weighted by Crippen LogP contribution is -2.27. The number of carbonyl (C=O) groups is 2. The van der Waals surface area contributed by atoms with E-state index < -0.39 is 12.1 Å². The molecule has 0 saturated carbocycles. The molecule has 0 radical (unpaired) electrons. The van der Waals surface area contributed by atoms with Crippen LogP contribution in [0.4, 0.5) is 5.69 Å². The third-order valence-corrected chi connectivity index (χ3v) is 6.95. The molecule has 0 bridgehead atoms. The molecule has 8 nitrogen and oxygen atoms in total. The minimum Gasteiger partial charge on any atom is -0.492 e. The largest absolute Gasteiger partial charge is 0.492 e. The van der Waals surface area contributed by atoms with Gasteiger partial charge < -0.3 is 19.5 Å². The molecule has 5 rings (SSSR count). The summed E-state index contributed by atoms with van der Waals surface area (Å²) >= 11 is 1.23. The van der Waals surface area contributed by atoms with Gasteiger partial charge in [-0.15, -0.1) is 11.3 Å². The number of pyridine rings is 1. The van der Waals surface area contributed by atoms with Crippen molar-refractivity contribution in [2.45, 2.75) is 32.0 Å². The first-order valence-electron chi connectivity index (χ1n) is 11.0. The predicted molar refractivity (Wildman–Crippen MR) is 125 cm³/mol. The van der Waals surface area contributed by atoms with Gasteiger partial charge in [-0.1, -0.05) is 18.2 Å². The third kappa shape index (κ3) is 4.57. The van der Waals surface area contributed by atoms with Crippen molar-refractivity contribution in [2.24, 2.45) is 0 Å². The van der Waals surface area contributed by atoms with E-state index >= 15 is 0 Å². The van der Waals surface area contributed by atoms with Gasteiger partial charge in [0.05, 0.1) is 18.5 Å². The Balaban J connectivity index is 1.40. The maximum Gasteiger partial charge on any atom is 0.350 e. The summed E-state index contributed by atoms with van der Waals surface area (Å²) in [5.74, 6) is 0.184. The monoisotopic (exact) mass is 467 g/mol. The van der Waals surface area contributed by atoms with Crippen LogP contribution >= 0.6 is 11.3 Å². The summed E-state index contributed by atoms with van der Waals surface area (Å²) < 4.78 is 16.3. The zero-order valence-electron chi connectivity index (χ0n) is 18.3. The van der Waals surface area contributed by atoms with E-state index in [0.717, 1.165) is 41.9 Å². The minimum atomic E-state index is -0.497. The zero-order chi connectivity index (χ0) is 22.8. The molecule has 2 aliphatic heterocycles. The number of esters is 1. The lowest BCUT2D eigenvalue weighted by Gasteiger charge is -2.18. The van der Waals surface area contributed by atoms with E-state index in [-0.39, 0.29) is 5.91 Å². The summed E-state index contributed by atoms with van der Waals surface area (Å²) in [4.78, 5) is 33.2. The first-order chi connectivity index (χ1) is 16.1. The number of ether oxygens (including phenoxy) is 3. The van der Waals surface area contributed by atoms with Crippen molar-refractivity contribution in [1.82, 2.24) is 9.88 Å². The van der Waals surface area contributed by atoms with Gasteiger partial charge in [-0.2, -0.15) is 0 Å². The molecule has 2 aromatic heterocycles. The lowest BCUT2D eigenvalue weighted by molar-refractivity contribution is -0.124. The van der Waals surface area contributed by atoms with Gasteiger partial charge in [-0.25, -0.2) is 9.78 Å². The van der Waals surface area contributed by atoms with Crippen molar-refractivity contribution < 1.29 is 23.8 Å². The number of hydrogen-bond donors (Lipinski definition) is 1. The number of amides is 1. The number of anilines is 1. The van der Waals surface area contributed by atoms with Crippen molar-refractivity contribution in [2.75, 3.05) is 32.2 Å². The fraction of sp³-hybridized carbons (Fsp3) is 0.375. The lowest BCUT2D eigenvalue weighted by atomic mass is 10.2. The molecule has 0 spiro atoms. The summed E-state index contributed by atoms with van der Waals surface area (Å²) in [6.45, 7) is 3.40. The van der Waals surface area contributed by atoms with Gasteiger partial charge in [0.25, 0.3) is 5.91 Å². The highest BCUT2D eigenvalue weighted by Crippen LogP contribution is 2.36. The van der Waals surface area contributed by atoms with Gasteiger partial charge in [0.15, 0.2) is 0 Å². The van der Waals surface area contributed by atoms with Crippen molar-refractivity contribution in [3.05, 3.63) is 52.5 Å². The van der Waals surface area contributed by atoms with Crippen LogP contribution in [0.3, 0.4) is 0 Å². The molecule has 2 aliphatic rings. The second kappa shape index (κ2) is 9.46. The van der Waals surface area contributed by atoms with Crippen LogP contribution in [0.2, 0.25) is 0 Å². The van der Waals surface area contributed by atoms with E-state index in [0.29, 0.717) is 41.6 Å². The normalized spacial score (nSPS) is 18.4. The number of rotatable bonds is 5. The number of carbonyl (C=O) groups excluding carboxylic acids is 2. The molecule has 33 heavy (non-hydrogen) atoms. The maximum atomic E-state index is 12.7. The smallest absolute Gasteiger partial charge is 0.350 e. The molecule has 4 heterocycles. The zero-order valence-corrected chi connectivity index (χ0v) is 19.2. The Morgan fingerprint density at radius 3 is 2.94 bits per heavy atom. The fourth-order valence-corrected chi connectivity index (χ4v) is 5.26. The van der Waals surface area contributed by atoms with Crippen LogP contribution in [0.15, 0.2) is 36.4 Å². The number of thiophene rings is 1. The Labute approximate surface area is 195 Å². The van der Waals surface area contributed by atoms with Gasteiger partial charge >= 0.3 is 5.97 Å². The molecule has 0 aliphatic carbocycles. The van der Waals surface area contributed by atoms with E-state index in [1.807, 2.05) is 30.3 Å². The Morgan fingerprint density at radius 1 is 1.24 bits per heavy atom. The quantitative estimate of drug-likeness (QED) is 0.574. The van der Waals surface area contributed by atoms with Crippen LogP contribution in [-0.2, 0) is 27.4 Å². The van der Waals surface area contributed by atoms with Crippen molar-refractivity contribution in [1.29, 1.82) is 0 Å². The Bertz CT molecular complexity index is 1190. The van der Waals surface area contributed by atoms with Gasteiger partial charge in [-0.05, 0) is 31.0 Å². The summed E-state index contributed by atoms with van der Waals surface area (Å²) in [6.07, 6.45) is 1.03. The average molecular weight is 468 g/mol. The number of para-hydroxylation sites is 1. The van der Waals surface area contributed by atoms with Crippen LogP contribution in [0, 0.1) is 0 Å². The molecule has 1 unspecified atom stereocenters. The van der Waals surface area contributed by atoms with Crippen LogP contribution in [0.1, 0.15) is 33.8 Å². The average Bonchev–Trinajstić information content (AvgIpc) is 3.43. The molecule has 1 amide bonds. The number of hydrogen-bond acceptors (Lipinski definition) is 8. The number of methoxy groups -OCH3 is 1. The third-order valence-electron chi connectivity index (χ3n) is 5.87. The second-order valence-corrected chi connectivity index (χ2v) is 9.11. The van der Waals surface area contributed by atoms with Crippen LogP contribution in [0.5, 0.6) is 5.75 Å². The van der Waals surface area contributed by atoms with Gasteiger partial charge in [-0.3, -0.25) is 9.69 Å². The molecule has 3 aromatic rings. The number of nitrogens with one attached hydrogen (secondary N) is 1. The standard InChI is InChI=1S/C24H25N3O5S/c1-30-24(29)21-20(26-22(28)19-7-4-11-31-19)17-9-8-16(25-23(17)33-21)14-27-10-12-32-18-6-3-2-5-15(18)13-27/h2-3,5-6,8-9,19H,4,7,10-14H2,1H3,(H,26,28). The molecule has 9 heteroatoms. The van der Waals surface area contributed by atoms with Crippen molar-refractivity contribution >= 4 is 39.1 Å². The van der Waals surface area contributed by atoms with Crippen molar-refractivity contribution in [3.8, 4) is 5.75 Å². The Morgan fingerprint density at radius 2 is 2.12 bits per heavy atom. The molecule has 1 atom stereocenters. The van der Waals surface area contributed by atoms with E-state index in [4.69, 9.17) is 19.2 Å². The van der Waals surface area contributed by atoms with E-state index in [1.54, 1.807) is 0 Å². The highest BCUT2D eigenvalue weighted by molar-refractivity contribution is 7.21. The van der Waals surface area contributed by atoms with E-state index in [9.17, 15) is 9.59 Å². The molecule has 1 N–H and O–H groups in total. The number of benzene rings is 1. The first kappa shape index (κ1) is 21.8. The Kier molecular flexibility index (Phi) is 6.26. The topological polar surface area (TPSA) is 90.0 Å². The molecule has 1 saturated heterocycles. The summed E-state index contributed by atoms with van der Waals surface area (Å²) in [6, 6.07) is 11.9. The molecular weight excluding hydrogens is 442 g/mol. The van der Waals surface area contributed by atoms with Gasteiger partial charge in [0, 0.05) is 37.2 Å². The number of fused-ring (bicyclic) bond motifs is 2. The minimum absolute atomic E-state index is 0.246. The predicted octanol–water partition coefficient (Wildman–Crippen LogP) is 3.60. The molecule has 172 valence electrons.